The number of benzene rings is 1. The maximum absolute atomic E-state index is 12.7. The highest BCUT2D eigenvalue weighted by molar-refractivity contribution is 6.07. The number of para-hydroxylation sites is 1. The molecule has 0 bridgehead atoms. The molecule has 1 N–H and O–H groups in total. The van der Waals surface area contributed by atoms with Crippen molar-refractivity contribution in [2.24, 2.45) is 0 Å². The van der Waals surface area contributed by atoms with Crippen LogP contribution in [0.1, 0.15) is 44.1 Å². The van der Waals surface area contributed by atoms with Crippen molar-refractivity contribution in [1.29, 1.82) is 0 Å². The molecule has 0 unspecified atom stereocenters. The van der Waals surface area contributed by atoms with E-state index in [4.69, 9.17) is 11.3 Å². The molecule has 6 heteroatoms. The first kappa shape index (κ1) is 15.9. The van der Waals surface area contributed by atoms with Crippen molar-refractivity contribution in [3.63, 3.8) is 0 Å². The summed E-state index contributed by atoms with van der Waals surface area (Å²) in [4.78, 5) is 30.4. The summed E-state index contributed by atoms with van der Waals surface area (Å²) < 4.78 is 5.65. The lowest BCUT2D eigenvalue weighted by atomic mass is 9.80. The summed E-state index contributed by atoms with van der Waals surface area (Å²) in [6.45, 7) is 7.69. The van der Waals surface area contributed by atoms with Crippen molar-refractivity contribution in [3.8, 4) is 0 Å². The molecule has 1 aromatic rings. The minimum Gasteiger partial charge on any atom is -0.446 e. The second kappa shape index (κ2) is 6.07. The smallest absolute Gasteiger partial charge is 0.415 e. The van der Waals surface area contributed by atoms with E-state index in [1.165, 1.54) is 11.3 Å². The summed E-state index contributed by atoms with van der Waals surface area (Å²) >= 11 is 0. The van der Waals surface area contributed by atoms with Crippen LogP contribution in [0.4, 0.5) is 10.5 Å². The van der Waals surface area contributed by atoms with E-state index in [9.17, 15) is 9.59 Å². The van der Waals surface area contributed by atoms with Gasteiger partial charge in [-0.3, -0.25) is 9.64 Å². The van der Waals surface area contributed by atoms with Gasteiger partial charge in [-0.25, -0.2) is 16.3 Å². The SMILES string of the molecule is [C-]#[N+][C@@H]1C[C@@]2(CN1C(=O)OC1CCCCC1)C(=O)Nc1ccccc12. The molecule has 0 aromatic heterocycles. The molecule has 2 heterocycles. The Morgan fingerprint density at radius 2 is 2.04 bits per heavy atom. The third-order valence-corrected chi connectivity index (χ3v) is 5.66. The first-order valence-corrected chi connectivity index (χ1v) is 8.89. The number of carbonyl (C=O) groups excluding carboxylic acids is 2. The minimum atomic E-state index is -0.836. The van der Waals surface area contributed by atoms with Crippen molar-refractivity contribution in [2.45, 2.75) is 56.2 Å². The molecule has 6 nitrogen and oxygen atoms in total. The van der Waals surface area contributed by atoms with Crippen molar-refractivity contribution in [2.75, 3.05) is 11.9 Å². The molecule has 3 aliphatic rings. The van der Waals surface area contributed by atoms with E-state index in [-0.39, 0.29) is 18.6 Å². The molecule has 1 aromatic carbocycles. The number of carbonyl (C=O) groups is 2. The van der Waals surface area contributed by atoms with Gasteiger partial charge >= 0.3 is 12.3 Å². The summed E-state index contributed by atoms with van der Waals surface area (Å²) in [6, 6.07) is 7.52. The van der Waals surface area contributed by atoms with Gasteiger partial charge in [0.2, 0.25) is 5.91 Å². The monoisotopic (exact) mass is 339 g/mol. The lowest BCUT2D eigenvalue weighted by molar-refractivity contribution is -0.120. The van der Waals surface area contributed by atoms with Gasteiger partial charge in [0, 0.05) is 5.69 Å². The van der Waals surface area contributed by atoms with E-state index in [0.29, 0.717) is 6.42 Å². The minimum absolute atomic E-state index is 0.0612. The maximum atomic E-state index is 12.7. The van der Waals surface area contributed by atoms with Crippen molar-refractivity contribution >= 4 is 17.7 Å². The molecule has 2 fully saturated rings. The molecule has 1 saturated carbocycles. The number of nitrogens with zero attached hydrogens (tertiary/aromatic N) is 2. The number of hydrogen-bond acceptors (Lipinski definition) is 3. The number of hydrogen-bond donors (Lipinski definition) is 1. The first-order chi connectivity index (χ1) is 12.1. The van der Waals surface area contributed by atoms with Crippen LogP contribution < -0.4 is 5.32 Å². The highest BCUT2D eigenvalue weighted by Crippen LogP contribution is 2.46. The summed E-state index contributed by atoms with van der Waals surface area (Å²) in [6.07, 6.45) is 4.24. The number of likely N-dealkylation sites (tertiary alicyclic amines) is 1. The molecule has 0 radical (unpaired) electrons. The van der Waals surface area contributed by atoms with E-state index in [1.807, 2.05) is 24.3 Å². The van der Waals surface area contributed by atoms with Crippen molar-refractivity contribution in [3.05, 3.63) is 41.2 Å². The second-order valence-corrected chi connectivity index (χ2v) is 7.17. The van der Waals surface area contributed by atoms with Crippen LogP contribution in [0.25, 0.3) is 4.85 Å². The Kier molecular flexibility index (Phi) is 3.87. The van der Waals surface area contributed by atoms with Gasteiger partial charge in [0.25, 0.3) is 0 Å². The van der Waals surface area contributed by atoms with Crippen LogP contribution in [0.15, 0.2) is 24.3 Å². The fraction of sp³-hybridized carbons (Fsp3) is 0.526. The average Bonchev–Trinajstić information content (AvgIpc) is 3.16. The van der Waals surface area contributed by atoms with Crippen LogP contribution in [0.3, 0.4) is 0 Å². The Morgan fingerprint density at radius 3 is 2.80 bits per heavy atom. The standard InChI is InChI=1S/C19H21N3O3/c1-20-16-11-19(14-9-5-6-10-15(14)21-17(19)23)12-22(16)18(24)25-13-7-3-2-4-8-13/h5-6,9-10,13,16H,2-4,7-8,11-12H2,(H,21,23)/t16-,19-/m0/s1. The summed E-state index contributed by atoms with van der Waals surface area (Å²) in [5.41, 5.74) is 0.817. The quantitative estimate of drug-likeness (QED) is 0.799. The predicted octanol–water partition coefficient (Wildman–Crippen LogP) is 3.30. The van der Waals surface area contributed by atoms with Gasteiger partial charge in [-0.05, 0) is 37.3 Å². The average molecular weight is 339 g/mol. The van der Waals surface area contributed by atoms with Crippen LogP contribution >= 0.6 is 0 Å². The molecular formula is C19H21N3O3. The van der Waals surface area contributed by atoms with E-state index in [1.54, 1.807) is 0 Å². The second-order valence-electron chi connectivity index (χ2n) is 7.17. The fourth-order valence-corrected chi connectivity index (χ4v) is 4.31. The Hall–Kier alpha value is -2.55. The zero-order valence-electron chi connectivity index (χ0n) is 14.0. The molecule has 130 valence electrons. The number of nitrogens with one attached hydrogen (secondary N) is 1. The molecule has 25 heavy (non-hydrogen) atoms. The number of amides is 2. The molecule has 2 atom stereocenters. The topological polar surface area (TPSA) is 63.0 Å². The summed E-state index contributed by atoms with van der Waals surface area (Å²) in [5, 5.41) is 2.90. The normalized spacial score (nSPS) is 28.5. The zero-order chi connectivity index (χ0) is 17.4. The third kappa shape index (κ3) is 2.55. The number of anilines is 1. The Labute approximate surface area is 147 Å². The summed E-state index contributed by atoms with van der Waals surface area (Å²) in [7, 11) is 0. The van der Waals surface area contributed by atoms with Gasteiger partial charge in [-0.1, -0.05) is 24.6 Å². The molecule has 2 aliphatic heterocycles. The Bertz CT molecular complexity index is 751. The predicted molar refractivity (Wildman–Crippen MR) is 91.8 cm³/mol. The maximum Gasteiger partial charge on any atom is 0.415 e. The number of fused-ring (bicyclic) bond motifs is 2. The lowest BCUT2D eigenvalue weighted by Gasteiger charge is -2.25. The van der Waals surface area contributed by atoms with Crippen molar-refractivity contribution in [1.82, 2.24) is 4.90 Å². The highest BCUT2D eigenvalue weighted by atomic mass is 16.6. The van der Waals surface area contributed by atoms with Gasteiger partial charge in [0.1, 0.15) is 11.5 Å². The fourth-order valence-electron chi connectivity index (χ4n) is 4.31. The zero-order valence-corrected chi connectivity index (χ0v) is 14.0. The van der Waals surface area contributed by atoms with Gasteiger partial charge in [-0.15, -0.1) is 0 Å². The van der Waals surface area contributed by atoms with E-state index >= 15 is 0 Å². The third-order valence-electron chi connectivity index (χ3n) is 5.66. The van der Waals surface area contributed by atoms with Crippen LogP contribution in [-0.4, -0.2) is 35.7 Å². The summed E-state index contributed by atoms with van der Waals surface area (Å²) in [5.74, 6) is -0.129. The molecule has 2 amide bonds. The van der Waals surface area contributed by atoms with Crippen molar-refractivity contribution < 1.29 is 14.3 Å². The number of ether oxygens (including phenoxy) is 1. The molecule has 4 rings (SSSR count). The van der Waals surface area contributed by atoms with E-state index < -0.39 is 17.7 Å². The Balaban J connectivity index is 1.58. The van der Waals surface area contributed by atoms with Gasteiger partial charge in [-0.2, -0.15) is 0 Å². The van der Waals surface area contributed by atoms with Crippen LogP contribution in [-0.2, 0) is 14.9 Å². The highest BCUT2D eigenvalue weighted by Gasteiger charge is 2.59. The molecular weight excluding hydrogens is 318 g/mol. The molecule has 1 saturated heterocycles. The van der Waals surface area contributed by atoms with Gasteiger partial charge in [0.15, 0.2) is 0 Å². The van der Waals surface area contributed by atoms with Crippen LogP contribution in [0, 0.1) is 6.57 Å². The Morgan fingerprint density at radius 1 is 1.28 bits per heavy atom. The van der Waals surface area contributed by atoms with Gasteiger partial charge in [0.05, 0.1) is 13.0 Å². The van der Waals surface area contributed by atoms with Crippen LogP contribution in [0.2, 0.25) is 0 Å². The van der Waals surface area contributed by atoms with Gasteiger partial charge < -0.3 is 10.1 Å². The van der Waals surface area contributed by atoms with E-state index in [0.717, 1.165) is 36.9 Å². The van der Waals surface area contributed by atoms with Crippen LogP contribution in [0.5, 0.6) is 0 Å². The molecule has 1 spiro atoms. The largest absolute Gasteiger partial charge is 0.446 e. The first-order valence-electron chi connectivity index (χ1n) is 8.89. The van der Waals surface area contributed by atoms with E-state index in [2.05, 4.69) is 10.2 Å². The number of rotatable bonds is 1. The lowest BCUT2D eigenvalue weighted by Crippen LogP contribution is -2.41. The molecule has 1 aliphatic carbocycles.